The maximum Gasteiger partial charge on any atom is 0.289 e. The number of hydrogen-bond donors (Lipinski definition) is 0. The molecule has 0 N–H and O–H groups in total. The van der Waals surface area contributed by atoms with E-state index in [0.717, 1.165) is 25.8 Å². The van der Waals surface area contributed by atoms with E-state index in [0.29, 0.717) is 12.8 Å². The van der Waals surface area contributed by atoms with Crippen molar-refractivity contribution < 1.29 is 18.1 Å². The highest BCUT2D eigenvalue weighted by atomic mass is 32.2. The number of para-hydroxylation sites is 1. The summed E-state index contributed by atoms with van der Waals surface area (Å²) in [7, 11) is -3.98. The Kier molecular flexibility index (Phi) is 5.41. The van der Waals surface area contributed by atoms with E-state index in [1.165, 1.54) is 28.6 Å². The number of benzene rings is 1. The molecule has 1 saturated carbocycles. The van der Waals surface area contributed by atoms with E-state index < -0.39 is 20.6 Å². The number of carbonyl (C=O) groups is 1. The summed E-state index contributed by atoms with van der Waals surface area (Å²) in [5, 5.41) is 11.3. The van der Waals surface area contributed by atoms with Gasteiger partial charge in [0.25, 0.3) is 5.69 Å². The zero-order valence-corrected chi connectivity index (χ0v) is 19.2. The lowest BCUT2D eigenvalue weighted by molar-refractivity contribution is -0.387. The highest BCUT2D eigenvalue weighted by molar-refractivity contribution is 7.89. The number of sulfonamides is 1. The molecule has 1 aromatic rings. The van der Waals surface area contributed by atoms with Gasteiger partial charge in [0.05, 0.1) is 4.92 Å². The SMILES string of the molecule is CC1(C)CC2CC(C)(CN2C(=O)C2CCN(S(=O)(=O)c3ccccc3[N+](=O)[O-])CC2)C1. The molecule has 9 heteroatoms. The lowest BCUT2D eigenvalue weighted by Crippen LogP contribution is -2.46. The van der Waals surface area contributed by atoms with E-state index in [2.05, 4.69) is 25.7 Å². The van der Waals surface area contributed by atoms with Gasteiger partial charge in [0.1, 0.15) is 0 Å². The topological polar surface area (TPSA) is 101 Å². The third kappa shape index (κ3) is 4.09. The predicted octanol–water partition coefficient (Wildman–Crippen LogP) is 3.42. The number of rotatable bonds is 4. The Morgan fingerprint density at radius 3 is 2.42 bits per heavy atom. The first-order chi connectivity index (χ1) is 14.4. The molecule has 2 saturated heterocycles. The number of nitro benzene ring substituents is 1. The minimum Gasteiger partial charge on any atom is -0.339 e. The first-order valence-electron chi connectivity index (χ1n) is 11.0. The van der Waals surface area contributed by atoms with Crippen LogP contribution < -0.4 is 0 Å². The van der Waals surface area contributed by atoms with Crippen LogP contribution in [0.15, 0.2) is 29.2 Å². The monoisotopic (exact) mass is 449 g/mol. The number of fused-ring (bicyclic) bond motifs is 2. The maximum atomic E-state index is 13.3. The molecule has 1 aromatic carbocycles. The van der Waals surface area contributed by atoms with Crippen molar-refractivity contribution in [1.29, 1.82) is 0 Å². The Hall–Kier alpha value is -2.00. The molecule has 8 nitrogen and oxygen atoms in total. The maximum absolute atomic E-state index is 13.3. The lowest BCUT2D eigenvalue weighted by atomic mass is 9.65. The van der Waals surface area contributed by atoms with Crippen LogP contribution in [0, 0.1) is 26.9 Å². The molecule has 4 rings (SSSR count). The van der Waals surface area contributed by atoms with Crippen molar-refractivity contribution in [2.45, 2.75) is 63.8 Å². The van der Waals surface area contributed by atoms with E-state index in [9.17, 15) is 23.3 Å². The van der Waals surface area contributed by atoms with Gasteiger partial charge < -0.3 is 4.90 Å². The fraction of sp³-hybridized carbons (Fsp3) is 0.682. The normalized spacial score (nSPS) is 29.1. The second-order valence-electron chi connectivity index (χ2n) is 10.6. The number of carbonyl (C=O) groups excluding carboxylic acids is 1. The molecule has 2 bridgehead atoms. The largest absolute Gasteiger partial charge is 0.339 e. The number of nitrogens with zero attached hydrogens (tertiary/aromatic N) is 3. The van der Waals surface area contributed by atoms with Gasteiger partial charge in [-0.25, -0.2) is 8.42 Å². The number of nitro groups is 1. The van der Waals surface area contributed by atoms with Crippen LogP contribution in [-0.4, -0.2) is 54.1 Å². The molecular formula is C22H31N3O5S. The van der Waals surface area contributed by atoms with Crippen LogP contribution in [-0.2, 0) is 14.8 Å². The fourth-order valence-electron chi connectivity index (χ4n) is 6.26. The molecule has 0 spiro atoms. The Balaban J connectivity index is 1.45. The molecule has 2 aliphatic heterocycles. The number of piperidine rings is 1. The van der Waals surface area contributed by atoms with E-state index in [4.69, 9.17) is 0 Å². The molecule has 1 amide bonds. The van der Waals surface area contributed by atoms with Crippen molar-refractivity contribution in [2.24, 2.45) is 16.7 Å². The van der Waals surface area contributed by atoms with Gasteiger partial charge in [-0.3, -0.25) is 14.9 Å². The van der Waals surface area contributed by atoms with Crippen molar-refractivity contribution in [1.82, 2.24) is 9.21 Å². The second kappa shape index (κ2) is 7.55. The average Bonchev–Trinajstić information content (AvgIpc) is 2.96. The Morgan fingerprint density at radius 2 is 1.77 bits per heavy atom. The lowest BCUT2D eigenvalue weighted by Gasteiger charge is -2.39. The van der Waals surface area contributed by atoms with E-state index >= 15 is 0 Å². The van der Waals surface area contributed by atoms with Crippen molar-refractivity contribution in [3.63, 3.8) is 0 Å². The second-order valence-corrected chi connectivity index (χ2v) is 12.5. The minimum absolute atomic E-state index is 0.147. The van der Waals surface area contributed by atoms with Crippen LogP contribution >= 0.6 is 0 Å². The molecule has 0 radical (unpaired) electrons. The predicted molar refractivity (Wildman–Crippen MR) is 116 cm³/mol. The summed E-state index contributed by atoms with van der Waals surface area (Å²) in [6.07, 6.45) is 4.07. The molecule has 2 heterocycles. The van der Waals surface area contributed by atoms with Crippen molar-refractivity contribution in [3.05, 3.63) is 34.4 Å². The quantitative estimate of drug-likeness (QED) is 0.518. The van der Waals surface area contributed by atoms with Crippen LogP contribution in [0.5, 0.6) is 0 Å². The highest BCUT2D eigenvalue weighted by Crippen LogP contribution is 2.53. The van der Waals surface area contributed by atoms with Crippen LogP contribution in [0.1, 0.15) is 52.9 Å². The Labute approximate surface area is 183 Å². The smallest absolute Gasteiger partial charge is 0.289 e. The van der Waals surface area contributed by atoms with Crippen LogP contribution in [0.2, 0.25) is 0 Å². The summed E-state index contributed by atoms with van der Waals surface area (Å²) < 4.78 is 27.4. The van der Waals surface area contributed by atoms with E-state index in [1.807, 2.05) is 0 Å². The first-order valence-corrected chi connectivity index (χ1v) is 12.4. The van der Waals surface area contributed by atoms with Gasteiger partial charge in [-0.15, -0.1) is 0 Å². The molecule has 2 atom stereocenters. The third-order valence-electron chi connectivity index (χ3n) is 7.18. The molecule has 0 aromatic heterocycles. The summed E-state index contributed by atoms with van der Waals surface area (Å²) in [5.41, 5.74) is -0.0201. The Morgan fingerprint density at radius 1 is 1.13 bits per heavy atom. The summed E-state index contributed by atoms with van der Waals surface area (Å²) in [4.78, 5) is 25.7. The van der Waals surface area contributed by atoms with Crippen molar-refractivity contribution in [2.75, 3.05) is 19.6 Å². The fourth-order valence-corrected chi connectivity index (χ4v) is 7.89. The summed E-state index contributed by atoms with van der Waals surface area (Å²) >= 11 is 0. The van der Waals surface area contributed by atoms with Crippen LogP contribution in [0.25, 0.3) is 0 Å². The van der Waals surface area contributed by atoms with Crippen LogP contribution in [0.4, 0.5) is 5.69 Å². The standard InChI is InChI=1S/C22H31N3O5S/c1-21(2)12-17-13-22(3,14-21)15-24(17)20(26)16-8-10-23(11-9-16)31(29,30)19-7-5-4-6-18(19)25(27)28/h4-7,16-17H,8-15H2,1-3H3. The molecular weight excluding hydrogens is 418 g/mol. The summed E-state index contributed by atoms with van der Waals surface area (Å²) in [6.45, 7) is 8.01. The van der Waals surface area contributed by atoms with Crippen LogP contribution in [0.3, 0.4) is 0 Å². The van der Waals surface area contributed by atoms with Gasteiger partial charge in [0.2, 0.25) is 15.9 Å². The molecule has 31 heavy (non-hydrogen) atoms. The van der Waals surface area contributed by atoms with Crippen molar-refractivity contribution in [3.8, 4) is 0 Å². The molecule has 170 valence electrons. The van der Waals surface area contributed by atoms with Gasteiger partial charge in [-0.2, -0.15) is 4.31 Å². The summed E-state index contributed by atoms with van der Waals surface area (Å²) in [6, 6.07) is 5.70. The number of amides is 1. The average molecular weight is 450 g/mol. The molecule has 3 aliphatic rings. The zero-order valence-electron chi connectivity index (χ0n) is 18.4. The van der Waals surface area contributed by atoms with Gasteiger partial charge in [0.15, 0.2) is 4.90 Å². The minimum atomic E-state index is -3.98. The van der Waals surface area contributed by atoms with Gasteiger partial charge in [-0.05, 0) is 49.0 Å². The zero-order chi connectivity index (χ0) is 22.6. The molecule has 3 fully saturated rings. The third-order valence-corrected chi connectivity index (χ3v) is 9.13. The van der Waals surface area contributed by atoms with E-state index in [1.54, 1.807) is 0 Å². The molecule has 2 unspecified atom stereocenters. The van der Waals surface area contributed by atoms with Crippen molar-refractivity contribution >= 4 is 21.6 Å². The van der Waals surface area contributed by atoms with Gasteiger partial charge in [-0.1, -0.05) is 32.9 Å². The molecule has 1 aliphatic carbocycles. The first kappa shape index (κ1) is 22.2. The summed E-state index contributed by atoms with van der Waals surface area (Å²) in [5.74, 6) is -0.0440. The number of hydrogen-bond acceptors (Lipinski definition) is 5. The van der Waals surface area contributed by atoms with E-state index in [-0.39, 0.29) is 46.7 Å². The Bertz CT molecular complexity index is 1000. The van der Waals surface area contributed by atoms with Gasteiger partial charge >= 0.3 is 0 Å². The van der Waals surface area contributed by atoms with Gasteiger partial charge in [0, 0.05) is 37.7 Å². The number of likely N-dealkylation sites (tertiary alicyclic amines) is 1. The highest BCUT2D eigenvalue weighted by Gasteiger charge is 2.52.